The van der Waals surface area contributed by atoms with E-state index in [2.05, 4.69) is 5.32 Å². The average molecular weight is 310 g/mol. The third-order valence-electron chi connectivity index (χ3n) is 3.19. The number of hydrogen-bond donors (Lipinski definition) is 2. The fraction of sp³-hybridized carbons (Fsp3) is 0.533. The number of fused-ring (bicyclic) bond motifs is 1. The van der Waals surface area contributed by atoms with Crippen molar-refractivity contribution in [3.63, 3.8) is 0 Å². The zero-order valence-electron chi connectivity index (χ0n) is 12.6. The quantitative estimate of drug-likeness (QED) is 0.784. The molecule has 0 fully saturated rings. The van der Waals surface area contributed by atoms with Gasteiger partial charge in [-0.2, -0.15) is 0 Å². The van der Waals surface area contributed by atoms with Gasteiger partial charge in [-0.3, -0.25) is 4.79 Å². The third-order valence-corrected chi connectivity index (χ3v) is 4.50. The van der Waals surface area contributed by atoms with Gasteiger partial charge >= 0.3 is 0 Å². The maximum absolute atomic E-state index is 11.7. The van der Waals surface area contributed by atoms with Gasteiger partial charge in [0, 0.05) is 16.7 Å². The topological polar surface area (TPSA) is 73.6 Å². The Balaban J connectivity index is 2.05. The number of carbonyl (C=O) groups is 1. The highest BCUT2D eigenvalue weighted by atomic mass is 32.2. The first-order chi connectivity index (χ1) is 9.90. The van der Waals surface area contributed by atoms with Gasteiger partial charge in [0.2, 0.25) is 5.91 Å². The average Bonchev–Trinajstić information content (AvgIpc) is 2.44. The van der Waals surface area contributed by atoms with Crippen LogP contribution in [0, 0.1) is 0 Å². The summed E-state index contributed by atoms with van der Waals surface area (Å²) < 4.78 is 11.1. The lowest BCUT2D eigenvalue weighted by Gasteiger charge is -2.29. The maximum Gasteiger partial charge on any atom is 0.238 e. The van der Waals surface area contributed by atoms with Crippen LogP contribution < -0.4 is 20.5 Å². The third kappa shape index (κ3) is 4.04. The van der Waals surface area contributed by atoms with E-state index in [0.29, 0.717) is 19.0 Å². The van der Waals surface area contributed by atoms with Crippen molar-refractivity contribution in [1.29, 1.82) is 0 Å². The Bertz CT molecular complexity index is 522. The van der Waals surface area contributed by atoms with Gasteiger partial charge in [0.05, 0.1) is 0 Å². The maximum atomic E-state index is 11.7. The van der Waals surface area contributed by atoms with Gasteiger partial charge in [-0.25, -0.2) is 0 Å². The highest BCUT2D eigenvalue weighted by Gasteiger charge is 2.31. The van der Waals surface area contributed by atoms with E-state index in [1.165, 1.54) is 0 Å². The Kier molecular flexibility index (Phi) is 5.00. The summed E-state index contributed by atoms with van der Waals surface area (Å²) in [7, 11) is 0. The number of amides is 1. The second-order valence-electron chi connectivity index (χ2n) is 5.59. The van der Waals surface area contributed by atoms with Crippen LogP contribution in [0.25, 0.3) is 0 Å². The largest absolute Gasteiger partial charge is 0.486 e. The molecule has 0 saturated heterocycles. The summed E-state index contributed by atoms with van der Waals surface area (Å²) in [5.74, 6) is 1.73. The Morgan fingerprint density at radius 2 is 2.05 bits per heavy atom. The molecule has 1 aromatic carbocycles. The molecule has 0 aliphatic carbocycles. The van der Waals surface area contributed by atoms with E-state index in [1.807, 2.05) is 39.0 Å². The molecule has 0 aromatic heterocycles. The molecule has 2 rings (SSSR count). The Morgan fingerprint density at radius 1 is 1.38 bits per heavy atom. The molecule has 0 saturated carbocycles. The summed E-state index contributed by atoms with van der Waals surface area (Å²) in [6.07, 6.45) is 0. The minimum absolute atomic E-state index is 0.184. The van der Waals surface area contributed by atoms with Crippen molar-refractivity contribution in [2.75, 3.05) is 19.0 Å². The molecule has 0 spiro atoms. The number of ether oxygens (including phenoxy) is 2. The first-order valence-corrected chi connectivity index (χ1v) is 7.99. The highest BCUT2D eigenvalue weighted by Crippen LogP contribution is 2.35. The van der Waals surface area contributed by atoms with Gasteiger partial charge in [0.25, 0.3) is 0 Å². The van der Waals surface area contributed by atoms with E-state index in [1.54, 1.807) is 11.8 Å². The summed E-state index contributed by atoms with van der Waals surface area (Å²) in [5, 5.41) is 3.24. The number of primary amides is 1. The van der Waals surface area contributed by atoms with E-state index >= 15 is 0 Å². The second kappa shape index (κ2) is 6.58. The molecule has 1 unspecified atom stereocenters. The van der Waals surface area contributed by atoms with Crippen LogP contribution in [0.3, 0.4) is 0 Å². The van der Waals surface area contributed by atoms with E-state index in [0.717, 1.165) is 16.4 Å². The van der Waals surface area contributed by atoms with Gasteiger partial charge < -0.3 is 20.5 Å². The Morgan fingerprint density at radius 3 is 2.67 bits per heavy atom. The van der Waals surface area contributed by atoms with E-state index in [9.17, 15) is 4.79 Å². The fourth-order valence-corrected chi connectivity index (χ4v) is 3.20. The normalized spacial score (nSPS) is 16.6. The Labute approximate surface area is 129 Å². The minimum atomic E-state index is -0.744. The summed E-state index contributed by atoms with van der Waals surface area (Å²) in [6, 6.07) is 5.99. The summed E-state index contributed by atoms with van der Waals surface area (Å²) >= 11 is 1.57. The van der Waals surface area contributed by atoms with Gasteiger partial charge in [-0.05, 0) is 39.0 Å². The standard InChI is InChI=1S/C15H22N2O3S/c1-10(2)17-15(3,14(16)18)9-21-11-4-5-12-13(8-11)20-7-6-19-12/h4-5,8,10,17H,6-7,9H2,1-3H3,(H2,16,18). The van der Waals surface area contributed by atoms with Crippen LogP contribution in [0.15, 0.2) is 23.1 Å². The van der Waals surface area contributed by atoms with Crippen LogP contribution in [0.1, 0.15) is 20.8 Å². The van der Waals surface area contributed by atoms with Gasteiger partial charge in [-0.1, -0.05) is 0 Å². The number of thioether (sulfide) groups is 1. The summed E-state index contributed by atoms with van der Waals surface area (Å²) in [4.78, 5) is 12.7. The van der Waals surface area contributed by atoms with Crippen LogP contribution in [0.5, 0.6) is 11.5 Å². The molecule has 1 aliphatic rings. The molecule has 1 atom stereocenters. The minimum Gasteiger partial charge on any atom is -0.486 e. The van der Waals surface area contributed by atoms with Crippen molar-refractivity contribution in [1.82, 2.24) is 5.32 Å². The zero-order valence-corrected chi connectivity index (χ0v) is 13.5. The SMILES string of the molecule is CC(C)NC(C)(CSc1ccc2c(c1)OCCO2)C(N)=O. The summed E-state index contributed by atoms with van der Waals surface area (Å²) in [6.45, 7) is 6.97. The van der Waals surface area contributed by atoms with Gasteiger partial charge in [0.1, 0.15) is 18.8 Å². The van der Waals surface area contributed by atoms with Crippen molar-refractivity contribution in [2.24, 2.45) is 5.73 Å². The molecule has 1 aliphatic heterocycles. The van der Waals surface area contributed by atoms with Crippen LogP contribution in [0.2, 0.25) is 0 Å². The lowest BCUT2D eigenvalue weighted by Crippen LogP contribution is -2.57. The molecule has 3 N–H and O–H groups in total. The smallest absolute Gasteiger partial charge is 0.238 e. The predicted octanol–water partition coefficient (Wildman–Crippen LogP) is 1.79. The molecule has 116 valence electrons. The zero-order chi connectivity index (χ0) is 15.5. The fourth-order valence-electron chi connectivity index (χ4n) is 2.16. The first kappa shape index (κ1) is 16.0. The second-order valence-corrected chi connectivity index (χ2v) is 6.64. The first-order valence-electron chi connectivity index (χ1n) is 7.01. The molecule has 0 radical (unpaired) electrons. The predicted molar refractivity (Wildman–Crippen MR) is 84.0 cm³/mol. The lowest BCUT2D eigenvalue weighted by atomic mass is 10.0. The number of hydrogen-bond acceptors (Lipinski definition) is 5. The molecule has 0 bridgehead atoms. The van der Waals surface area contributed by atoms with E-state index in [-0.39, 0.29) is 11.9 Å². The van der Waals surface area contributed by atoms with Crippen molar-refractivity contribution in [2.45, 2.75) is 37.2 Å². The number of rotatable bonds is 6. The Hall–Kier alpha value is -1.40. The number of nitrogens with two attached hydrogens (primary N) is 1. The summed E-state index contributed by atoms with van der Waals surface area (Å²) in [5.41, 5.74) is 4.79. The van der Waals surface area contributed by atoms with Crippen molar-refractivity contribution < 1.29 is 14.3 Å². The number of benzene rings is 1. The number of carbonyl (C=O) groups excluding carboxylic acids is 1. The van der Waals surface area contributed by atoms with Crippen molar-refractivity contribution in [3.8, 4) is 11.5 Å². The molecule has 1 heterocycles. The van der Waals surface area contributed by atoms with E-state index in [4.69, 9.17) is 15.2 Å². The molecule has 1 amide bonds. The molecule has 1 aromatic rings. The van der Waals surface area contributed by atoms with Gasteiger partial charge in [-0.15, -0.1) is 11.8 Å². The van der Waals surface area contributed by atoms with Crippen LogP contribution >= 0.6 is 11.8 Å². The van der Waals surface area contributed by atoms with Crippen LogP contribution in [0.4, 0.5) is 0 Å². The number of nitrogens with one attached hydrogen (secondary N) is 1. The molecule has 21 heavy (non-hydrogen) atoms. The van der Waals surface area contributed by atoms with Gasteiger partial charge in [0.15, 0.2) is 11.5 Å². The molecule has 6 heteroatoms. The lowest BCUT2D eigenvalue weighted by molar-refractivity contribution is -0.123. The van der Waals surface area contributed by atoms with Crippen LogP contribution in [-0.4, -0.2) is 36.5 Å². The molecular formula is C15H22N2O3S. The molecule has 5 nitrogen and oxygen atoms in total. The van der Waals surface area contributed by atoms with Crippen LogP contribution in [-0.2, 0) is 4.79 Å². The molecular weight excluding hydrogens is 288 g/mol. The van der Waals surface area contributed by atoms with E-state index < -0.39 is 5.54 Å². The van der Waals surface area contributed by atoms with Crippen molar-refractivity contribution >= 4 is 17.7 Å². The monoisotopic (exact) mass is 310 g/mol. The van der Waals surface area contributed by atoms with Crippen molar-refractivity contribution in [3.05, 3.63) is 18.2 Å². The highest BCUT2D eigenvalue weighted by molar-refractivity contribution is 7.99.